The van der Waals surface area contributed by atoms with Crippen molar-refractivity contribution >= 4 is 28.1 Å². The third-order valence-corrected chi connectivity index (χ3v) is 4.78. The predicted octanol–water partition coefficient (Wildman–Crippen LogP) is 2.69. The van der Waals surface area contributed by atoms with E-state index in [2.05, 4.69) is 10.0 Å². The molecule has 1 atom stereocenters. The molecule has 2 N–H and O–H groups in total. The maximum absolute atomic E-state index is 11.6. The van der Waals surface area contributed by atoms with E-state index in [0.717, 1.165) is 17.7 Å². The third-order valence-electron chi connectivity index (χ3n) is 3.47. The molecule has 1 heterocycles. The Morgan fingerprint density at radius 1 is 1.38 bits per heavy atom. The lowest BCUT2D eigenvalue weighted by molar-refractivity contribution is 0.0676. The van der Waals surface area contributed by atoms with Crippen LogP contribution >= 0.6 is 12.4 Å². The monoisotopic (exact) mass is 334 g/mol. The molecule has 1 aliphatic heterocycles. The highest BCUT2D eigenvalue weighted by atomic mass is 35.5. The standard InChI is InChI=1S/C14H22N2O3S.ClH/c1-5-20(17,18)16-10-6-7-13-11(8-10)12(15-4)9-14(2,3)19-13;/h6-8,12,15-16H,5,9H2,1-4H3;1H. The summed E-state index contributed by atoms with van der Waals surface area (Å²) in [6, 6.07) is 5.56. The molecule has 1 unspecified atom stereocenters. The van der Waals surface area contributed by atoms with Gasteiger partial charge in [-0.25, -0.2) is 8.42 Å². The fourth-order valence-electron chi connectivity index (χ4n) is 2.43. The Hall–Kier alpha value is -0.980. The van der Waals surface area contributed by atoms with Crippen molar-refractivity contribution in [2.45, 2.75) is 38.8 Å². The minimum absolute atomic E-state index is 0. The molecule has 1 aromatic carbocycles. The lowest BCUT2D eigenvalue weighted by Crippen LogP contribution is -2.38. The fraction of sp³-hybridized carbons (Fsp3) is 0.571. The van der Waals surface area contributed by atoms with Gasteiger partial charge < -0.3 is 10.1 Å². The molecule has 0 bridgehead atoms. The van der Waals surface area contributed by atoms with E-state index in [1.54, 1.807) is 13.0 Å². The first-order chi connectivity index (χ1) is 9.26. The van der Waals surface area contributed by atoms with E-state index in [9.17, 15) is 8.42 Å². The Morgan fingerprint density at radius 3 is 2.62 bits per heavy atom. The molecule has 7 heteroatoms. The molecular weight excluding hydrogens is 312 g/mol. The van der Waals surface area contributed by atoms with Crippen LogP contribution < -0.4 is 14.8 Å². The van der Waals surface area contributed by atoms with E-state index >= 15 is 0 Å². The topological polar surface area (TPSA) is 67.4 Å². The van der Waals surface area contributed by atoms with Crippen molar-refractivity contribution in [2.24, 2.45) is 0 Å². The van der Waals surface area contributed by atoms with Crippen LogP contribution in [-0.4, -0.2) is 26.8 Å². The van der Waals surface area contributed by atoms with Gasteiger partial charge in [0.1, 0.15) is 11.4 Å². The van der Waals surface area contributed by atoms with Crippen LogP contribution in [0.2, 0.25) is 0 Å². The Kier molecular flexibility index (Phi) is 5.52. The molecule has 0 spiro atoms. The SMILES string of the molecule is CCS(=O)(=O)Nc1ccc2c(c1)C(NC)CC(C)(C)O2.Cl. The van der Waals surface area contributed by atoms with Crippen molar-refractivity contribution in [3.05, 3.63) is 23.8 Å². The number of benzene rings is 1. The highest BCUT2D eigenvalue weighted by molar-refractivity contribution is 7.92. The lowest BCUT2D eigenvalue weighted by Gasteiger charge is -2.37. The van der Waals surface area contributed by atoms with Crippen molar-refractivity contribution in [1.29, 1.82) is 0 Å². The third kappa shape index (κ3) is 4.25. The average molecular weight is 335 g/mol. The first-order valence-electron chi connectivity index (χ1n) is 6.77. The zero-order valence-electron chi connectivity index (χ0n) is 12.8. The summed E-state index contributed by atoms with van der Waals surface area (Å²) in [4.78, 5) is 0. The summed E-state index contributed by atoms with van der Waals surface area (Å²) in [5, 5.41) is 3.26. The first kappa shape index (κ1) is 18.1. The van der Waals surface area contributed by atoms with Crippen molar-refractivity contribution in [2.75, 3.05) is 17.5 Å². The summed E-state index contributed by atoms with van der Waals surface area (Å²) >= 11 is 0. The molecule has 5 nitrogen and oxygen atoms in total. The zero-order valence-corrected chi connectivity index (χ0v) is 14.4. The van der Waals surface area contributed by atoms with E-state index in [-0.39, 0.29) is 29.8 Å². The van der Waals surface area contributed by atoms with Gasteiger partial charge in [0.15, 0.2) is 0 Å². The second-order valence-corrected chi connectivity index (χ2v) is 7.68. The smallest absolute Gasteiger partial charge is 0.232 e. The first-order valence-corrected chi connectivity index (χ1v) is 8.42. The van der Waals surface area contributed by atoms with Gasteiger partial charge in [0.25, 0.3) is 0 Å². The maximum Gasteiger partial charge on any atom is 0.232 e. The van der Waals surface area contributed by atoms with E-state index in [4.69, 9.17) is 4.74 Å². The van der Waals surface area contributed by atoms with Crippen molar-refractivity contribution < 1.29 is 13.2 Å². The number of hydrogen-bond acceptors (Lipinski definition) is 4. The normalized spacial score (nSPS) is 19.9. The Morgan fingerprint density at radius 2 is 2.05 bits per heavy atom. The Labute approximate surface area is 132 Å². The van der Waals surface area contributed by atoms with Gasteiger partial charge >= 0.3 is 0 Å². The van der Waals surface area contributed by atoms with E-state index in [0.29, 0.717) is 5.69 Å². The fourth-order valence-corrected chi connectivity index (χ4v) is 3.06. The highest BCUT2D eigenvalue weighted by Gasteiger charge is 2.33. The van der Waals surface area contributed by atoms with Gasteiger partial charge in [-0.2, -0.15) is 0 Å². The van der Waals surface area contributed by atoms with Gasteiger partial charge in [-0.05, 0) is 46.0 Å². The summed E-state index contributed by atoms with van der Waals surface area (Å²) < 4.78 is 31.8. The van der Waals surface area contributed by atoms with Crippen LogP contribution in [0.3, 0.4) is 0 Å². The largest absolute Gasteiger partial charge is 0.487 e. The van der Waals surface area contributed by atoms with Crippen molar-refractivity contribution in [3.63, 3.8) is 0 Å². The average Bonchev–Trinajstić information content (AvgIpc) is 2.37. The van der Waals surface area contributed by atoms with E-state index in [1.807, 2.05) is 33.0 Å². The summed E-state index contributed by atoms with van der Waals surface area (Å²) in [6.07, 6.45) is 0.834. The molecular formula is C14H23ClN2O3S. The lowest BCUT2D eigenvalue weighted by atomic mass is 9.89. The number of nitrogens with one attached hydrogen (secondary N) is 2. The number of hydrogen-bond donors (Lipinski definition) is 2. The summed E-state index contributed by atoms with van der Waals surface area (Å²) in [5.41, 5.74) is 1.34. The van der Waals surface area contributed by atoms with Crippen LogP contribution in [0.5, 0.6) is 5.75 Å². The van der Waals surface area contributed by atoms with Gasteiger partial charge in [0, 0.05) is 23.7 Å². The Balaban J connectivity index is 0.00000220. The molecule has 2 rings (SSSR count). The summed E-state index contributed by atoms with van der Waals surface area (Å²) in [5.74, 6) is 0.864. The number of halogens is 1. The Bertz CT molecular complexity index is 602. The quantitative estimate of drug-likeness (QED) is 0.888. The number of anilines is 1. The van der Waals surface area contributed by atoms with Crippen molar-refractivity contribution in [1.82, 2.24) is 5.32 Å². The van der Waals surface area contributed by atoms with Gasteiger partial charge in [-0.1, -0.05) is 0 Å². The molecule has 0 saturated heterocycles. The molecule has 0 aliphatic carbocycles. The second kappa shape index (κ2) is 6.42. The van der Waals surface area contributed by atoms with Crippen LogP contribution in [0.15, 0.2) is 18.2 Å². The van der Waals surface area contributed by atoms with Crippen LogP contribution in [0.4, 0.5) is 5.69 Å². The zero-order chi connectivity index (χ0) is 15.0. The highest BCUT2D eigenvalue weighted by Crippen LogP contribution is 2.40. The number of fused-ring (bicyclic) bond motifs is 1. The molecule has 1 aromatic rings. The van der Waals surface area contributed by atoms with Gasteiger partial charge in [-0.15, -0.1) is 12.4 Å². The van der Waals surface area contributed by atoms with E-state index < -0.39 is 10.0 Å². The van der Waals surface area contributed by atoms with Gasteiger partial charge in [0.05, 0.1) is 5.75 Å². The molecule has 0 fully saturated rings. The van der Waals surface area contributed by atoms with Crippen LogP contribution in [0.25, 0.3) is 0 Å². The minimum atomic E-state index is -3.26. The number of sulfonamides is 1. The molecule has 21 heavy (non-hydrogen) atoms. The second-order valence-electron chi connectivity index (χ2n) is 5.67. The van der Waals surface area contributed by atoms with Crippen LogP contribution in [-0.2, 0) is 10.0 Å². The summed E-state index contributed by atoms with van der Waals surface area (Å²) in [7, 11) is -1.36. The molecule has 0 saturated carbocycles. The van der Waals surface area contributed by atoms with Crippen molar-refractivity contribution in [3.8, 4) is 5.75 Å². The molecule has 1 aliphatic rings. The molecule has 0 aromatic heterocycles. The summed E-state index contributed by atoms with van der Waals surface area (Å²) in [6.45, 7) is 5.71. The number of rotatable bonds is 4. The number of ether oxygens (including phenoxy) is 1. The van der Waals surface area contributed by atoms with Gasteiger partial charge in [-0.3, -0.25) is 4.72 Å². The van der Waals surface area contributed by atoms with Crippen LogP contribution in [0.1, 0.15) is 38.8 Å². The molecule has 0 amide bonds. The minimum Gasteiger partial charge on any atom is -0.487 e. The predicted molar refractivity (Wildman–Crippen MR) is 87.9 cm³/mol. The maximum atomic E-state index is 11.6. The molecule has 120 valence electrons. The van der Waals surface area contributed by atoms with Gasteiger partial charge in [0.2, 0.25) is 10.0 Å². The molecule has 0 radical (unpaired) electrons. The van der Waals surface area contributed by atoms with E-state index in [1.165, 1.54) is 0 Å². The van der Waals surface area contributed by atoms with Crippen LogP contribution in [0, 0.1) is 0 Å².